The molecule has 4 aromatic rings. The zero-order valence-electron chi connectivity index (χ0n) is 15.4. The van der Waals surface area contributed by atoms with Crippen molar-refractivity contribution in [3.8, 4) is 11.4 Å². The summed E-state index contributed by atoms with van der Waals surface area (Å²) in [6, 6.07) is 12.1. The van der Waals surface area contributed by atoms with Crippen LogP contribution in [0.5, 0.6) is 0 Å². The van der Waals surface area contributed by atoms with Gasteiger partial charge in [-0.2, -0.15) is 5.10 Å². The van der Waals surface area contributed by atoms with Gasteiger partial charge in [-0.05, 0) is 11.6 Å². The predicted octanol–water partition coefficient (Wildman–Crippen LogP) is 2.97. The second-order valence-electron chi connectivity index (χ2n) is 7.39. The van der Waals surface area contributed by atoms with Gasteiger partial charge in [-0.1, -0.05) is 56.3 Å². The molecule has 4 rings (SSSR count). The maximum atomic E-state index is 4.81. The number of hydrogen-bond donors (Lipinski definition) is 0. The Morgan fingerprint density at radius 1 is 1.00 bits per heavy atom. The quantitative estimate of drug-likeness (QED) is 0.569. The lowest BCUT2D eigenvalue weighted by Crippen LogP contribution is -2.17. The van der Waals surface area contributed by atoms with Gasteiger partial charge in [0, 0.05) is 18.7 Å². The molecule has 132 valence electrons. The van der Waals surface area contributed by atoms with Crippen LogP contribution < -0.4 is 0 Å². The maximum absolute atomic E-state index is 4.81. The van der Waals surface area contributed by atoms with Crippen LogP contribution in [0.25, 0.3) is 22.6 Å². The third kappa shape index (κ3) is 2.85. The Balaban J connectivity index is 1.93. The molecule has 0 aliphatic carbocycles. The van der Waals surface area contributed by atoms with Crippen LogP contribution in [0.3, 0.4) is 0 Å². The summed E-state index contributed by atoms with van der Waals surface area (Å²) in [4.78, 5) is 9.61. The minimum atomic E-state index is -0.191. The first-order valence-electron chi connectivity index (χ1n) is 8.57. The van der Waals surface area contributed by atoms with Crippen molar-refractivity contribution in [2.45, 2.75) is 32.7 Å². The maximum Gasteiger partial charge on any atom is 0.182 e. The fraction of sp³-hybridized carbons (Fsp3) is 0.316. The van der Waals surface area contributed by atoms with Gasteiger partial charge in [0.2, 0.25) is 0 Å². The molecule has 3 heterocycles. The third-order valence-electron chi connectivity index (χ3n) is 4.27. The first-order valence-corrected chi connectivity index (χ1v) is 8.57. The van der Waals surface area contributed by atoms with Gasteiger partial charge in [0.1, 0.15) is 11.5 Å². The van der Waals surface area contributed by atoms with Gasteiger partial charge in [-0.25, -0.2) is 14.6 Å². The predicted molar refractivity (Wildman–Crippen MR) is 99.6 cm³/mol. The minimum Gasteiger partial charge on any atom is -0.266 e. The van der Waals surface area contributed by atoms with Crippen LogP contribution in [0, 0.1) is 0 Å². The van der Waals surface area contributed by atoms with Gasteiger partial charge >= 0.3 is 0 Å². The van der Waals surface area contributed by atoms with Crippen molar-refractivity contribution in [3.63, 3.8) is 0 Å². The summed E-state index contributed by atoms with van der Waals surface area (Å²) >= 11 is 0. The van der Waals surface area contributed by atoms with Gasteiger partial charge in [0.05, 0.1) is 12.2 Å². The third-order valence-corrected chi connectivity index (χ3v) is 4.27. The van der Waals surface area contributed by atoms with E-state index in [-0.39, 0.29) is 5.41 Å². The van der Waals surface area contributed by atoms with Crippen LogP contribution in [0.2, 0.25) is 0 Å². The molecule has 3 aromatic heterocycles. The lowest BCUT2D eigenvalue weighted by molar-refractivity contribution is 0.546. The SMILES string of the molecule is Cn1nccc1-c1nc(C(C)(C)C)nc2c1nnn2Cc1ccccc1. The Morgan fingerprint density at radius 2 is 1.77 bits per heavy atom. The van der Waals surface area contributed by atoms with E-state index in [0.29, 0.717) is 12.1 Å². The highest BCUT2D eigenvalue weighted by molar-refractivity contribution is 5.85. The van der Waals surface area contributed by atoms with Crippen LogP contribution >= 0.6 is 0 Å². The molecular weight excluding hydrogens is 326 g/mol. The Morgan fingerprint density at radius 3 is 2.42 bits per heavy atom. The van der Waals surface area contributed by atoms with E-state index in [1.807, 2.05) is 36.0 Å². The molecule has 0 unspecified atom stereocenters. The molecule has 26 heavy (non-hydrogen) atoms. The number of rotatable bonds is 3. The van der Waals surface area contributed by atoms with Crippen LogP contribution in [0.15, 0.2) is 42.6 Å². The number of fused-ring (bicyclic) bond motifs is 1. The first kappa shape index (κ1) is 16.4. The van der Waals surface area contributed by atoms with Crippen LogP contribution in [-0.2, 0) is 19.0 Å². The van der Waals surface area contributed by atoms with E-state index in [0.717, 1.165) is 28.4 Å². The zero-order chi connectivity index (χ0) is 18.3. The lowest BCUT2D eigenvalue weighted by atomic mass is 9.95. The fourth-order valence-corrected chi connectivity index (χ4v) is 2.84. The van der Waals surface area contributed by atoms with Gasteiger partial charge in [-0.3, -0.25) is 4.68 Å². The summed E-state index contributed by atoms with van der Waals surface area (Å²) in [7, 11) is 1.90. The molecule has 0 atom stereocenters. The van der Waals surface area contributed by atoms with Crippen molar-refractivity contribution in [2.75, 3.05) is 0 Å². The molecule has 0 saturated heterocycles. The van der Waals surface area contributed by atoms with E-state index < -0.39 is 0 Å². The van der Waals surface area contributed by atoms with E-state index in [9.17, 15) is 0 Å². The molecule has 0 fully saturated rings. The van der Waals surface area contributed by atoms with Crippen LogP contribution in [0.1, 0.15) is 32.2 Å². The number of nitrogens with zero attached hydrogens (tertiary/aromatic N) is 7. The van der Waals surface area contributed by atoms with Crippen LogP contribution in [0.4, 0.5) is 0 Å². The highest BCUT2D eigenvalue weighted by Crippen LogP contribution is 2.28. The Hall–Kier alpha value is -3.09. The van der Waals surface area contributed by atoms with E-state index in [1.165, 1.54) is 0 Å². The van der Waals surface area contributed by atoms with Gasteiger partial charge in [-0.15, -0.1) is 5.10 Å². The first-order chi connectivity index (χ1) is 12.4. The van der Waals surface area contributed by atoms with Crippen molar-refractivity contribution in [1.29, 1.82) is 0 Å². The Kier molecular flexibility index (Phi) is 3.79. The van der Waals surface area contributed by atoms with Crippen LogP contribution in [-0.4, -0.2) is 34.7 Å². The largest absolute Gasteiger partial charge is 0.266 e. The van der Waals surface area contributed by atoms with E-state index in [4.69, 9.17) is 9.97 Å². The highest BCUT2D eigenvalue weighted by atomic mass is 15.4. The molecule has 7 heteroatoms. The molecule has 7 nitrogen and oxygen atoms in total. The van der Waals surface area contributed by atoms with Crippen molar-refractivity contribution in [3.05, 3.63) is 54.0 Å². The normalized spacial score (nSPS) is 12.0. The summed E-state index contributed by atoms with van der Waals surface area (Å²) in [5.41, 5.74) is 4.05. The molecule has 0 spiro atoms. The second kappa shape index (κ2) is 6.01. The monoisotopic (exact) mass is 347 g/mol. The molecular formula is C19H21N7. The average Bonchev–Trinajstić information content (AvgIpc) is 3.21. The topological polar surface area (TPSA) is 74.3 Å². The standard InChI is InChI=1S/C19H21N7/c1-19(2,3)18-21-15(14-10-11-20-25(14)4)16-17(22-18)26(24-23-16)12-13-8-6-5-7-9-13/h5-11H,12H2,1-4H3. The number of hydrogen-bond acceptors (Lipinski definition) is 5. The summed E-state index contributed by atoms with van der Waals surface area (Å²) in [6.45, 7) is 6.92. The molecule has 0 N–H and O–H groups in total. The summed E-state index contributed by atoms with van der Waals surface area (Å²) < 4.78 is 3.63. The number of benzene rings is 1. The molecule has 0 bridgehead atoms. The molecule has 0 radical (unpaired) electrons. The molecule has 0 aliphatic heterocycles. The molecule has 0 amide bonds. The Labute approximate surface area is 151 Å². The summed E-state index contributed by atoms with van der Waals surface area (Å²) in [5, 5.41) is 13.0. The van der Waals surface area contributed by atoms with E-state index >= 15 is 0 Å². The van der Waals surface area contributed by atoms with Gasteiger partial charge < -0.3 is 0 Å². The fourth-order valence-electron chi connectivity index (χ4n) is 2.84. The smallest absolute Gasteiger partial charge is 0.182 e. The van der Waals surface area contributed by atoms with Crippen molar-refractivity contribution in [1.82, 2.24) is 34.7 Å². The average molecular weight is 347 g/mol. The lowest BCUT2D eigenvalue weighted by Gasteiger charge is -2.17. The summed E-state index contributed by atoms with van der Waals surface area (Å²) in [6.07, 6.45) is 1.76. The number of aromatic nitrogens is 7. The van der Waals surface area contributed by atoms with E-state index in [2.05, 4.69) is 48.3 Å². The highest BCUT2D eigenvalue weighted by Gasteiger charge is 2.24. The van der Waals surface area contributed by atoms with Crippen molar-refractivity contribution < 1.29 is 0 Å². The second-order valence-corrected chi connectivity index (χ2v) is 7.39. The minimum absolute atomic E-state index is 0.191. The van der Waals surface area contributed by atoms with Gasteiger partial charge in [0.15, 0.2) is 11.2 Å². The van der Waals surface area contributed by atoms with Crippen molar-refractivity contribution in [2.24, 2.45) is 7.05 Å². The summed E-state index contributed by atoms with van der Waals surface area (Å²) in [5.74, 6) is 0.762. The number of aryl methyl sites for hydroxylation is 1. The Bertz CT molecular complexity index is 1050. The molecule has 0 aliphatic rings. The molecule has 1 aromatic carbocycles. The van der Waals surface area contributed by atoms with Crippen molar-refractivity contribution >= 4 is 11.2 Å². The van der Waals surface area contributed by atoms with E-state index in [1.54, 1.807) is 10.9 Å². The van der Waals surface area contributed by atoms with Gasteiger partial charge in [0.25, 0.3) is 0 Å². The molecule has 0 saturated carbocycles. The zero-order valence-corrected chi connectivity index (χ0v) is 15.4.